The van der Waals surface area contributed by atoms with Crippen molar-refractivity contribution in [1.29, 1.82) is 0 Å². The van der Waals surface area contributed by atoms with Crippen LogP contribution in [0.2, 0.25) is 0 Å². The summed E-state index contributed by atoms with van der Waals surface area (Å²) in [6.45, 7) is 5.63. The Balaban J connectivity index is 2.33. The number of carbonyl (C=O) groups is 1. The van der Waals surface area contributed by atoms with Crippen molar-refractivity contribution in [2.75, 3.05) is 0 Å². The van der Waals surface area contributed by atoms with Crippen molar-refractivity contribution < 1.29 is 9.18 Å². The zero-order valence-electron chi connectivity index (χ0n) is 11.6. The molecule has 0 atom stereocenters. The van der Waals surface area contributed by atoms with Gasteiger partial charge in [0, 0.05) is 30.3 Å². The van der Waals surface area contributed by atoms with Gasteiger partial charge in [0.25, 0.3) is 0 Å². The molecule has 0 unspecified atom stereocenters. The third-order valence-electron chi connectivity index (χ3n) is 3.50. The zero-order valence-corrected chi connectivity index (χ0v) is 11.6. The van der Waals surface area contributed by atoms with E-state index in [2.05, 4.69) is 5.10 Å². The predicted molar refractivity (Wildman–Crippen MR) is 71.9 cm³/mol. The number of aromatic nitrogens is 2. The summed E-state index contributed by atoms with van der Waals surface area (Å²) in [7, 11) is 1.85. The number of carbonyl (C=O) groups excluding carboxylic acids is 1. The van der Waals surface area contributed by atoms with E-state index < -0.39 is 0 Å². The molecule has 0 saturated heterocycles. The highest BCUT2D eigenvalue weighted by Gasteiger charge is 2.16. The van der Waals surface area contributed by atoms with Gasteiger partial charge >= 0.3 is 0 Å². The van der Waals surface area contributed by atoms with Gasteiger partial charge in [-0.05, 0) is 38.5 Å². The summed E-state index contributed by atoms with van der Waals surface area (Å²) in [5.74, 6) is -0.454. The van der Waals surface area contributed by atoms with E-state index in [-0.39, 0.29) is 18.0 Å². The van der Waals surface area contributed by atoms with Crippen LogP contribution in [0.15, 0.2) is 18.2 Å². The Kier molecular flexibility index (Phi) is 3.51. The highest BCUT2D eigenvalue weighted by molar-refractivity contribution is 5.99. The lowest BCUT2D eigenvalue weighted by Crippen LogP contribution is -2.08. The largest absolute Gasteiger partial charge is 0.294 e. The first-order valence-corrected chi connectivity index (χ1v) is 6.18. The number of hydrogen-bond acceptors (Lipinski definition) is 2. The SMILES string of the molecule is Cc1ccc(F)cc1C(=O)Cc1c(C)nn(C)c1C. The monoisotopic (exact) mass is 260 g/mol. The molecule has 1 aromatic heterocycles. The molecule has 0 aliphatic heterocycles. The molecule has 0 saturated carbocycles. The lowest BCUT2D eigenvalue weighted by molar-refractivity contribution is 0.0991. The highest BCUT2D eigenvalue weighted by atomic mass is 19.1. The Morgan fingerprint density at radius 2 is 2.00 bits per heavy atom. The second kappa shape index (κ2) is 4.96. The zero-order chi connectivity index (χ0) is 14.2. The third kappa shape index (κ3) is 2.57. The lowest BCUT2D eigenvalue weighted by atomic mass is 9.98. The molecule has 100 valence electrons. The maximum absolute atomic E-state index is 13.2. The number of benzene rings is 1. The average molecular weight is 260 g/mol. The van der Waals surface area contributed by atoms with E-state index >= 15 is 0 Å². The van der Waals surface area contributed by atoms with Crippen LogP contribution in [0.5, 0.6) is 0 Å². The topological polar surface area (TPSA) is 34.9 Å². The van der Waals surface area contributed by atoms with Crippen molar-refractivity contribution >= 4 is 5.78 Å². The van der Waals surface area contributed by atoms with Crippen molar-refractivity contribution in [2.45, 2.75) is 27.2 Å². The molecule has 0 N–H and O–H groups in total. The van der Waals surface area contributed by atoms with Crippen LogP contribution in [0.1, 0.15) is 32.9 Å². The molecule has 3 nitrogen and oxygen atoms in total. The number of hydrogen-bond donors (Lipinski definition) is 0. The molecule has 1 aromatic carbocycles. The van der Waals surface area contributed by atoms with E-state index in [4.69, 9.17) is 0 Å². The fourth-order valence-corrected chi connectivity index (χ4v) is 2.22. The second-order valence-electron chi connectivity index (χ2n) is 4.83. The molecule has 4 heteroatoms. The Bertz CT molecular complexity index is 644. The fraction of sp³-hybridized carbons (Fsp3) is 0.333. The fourth-order valence-electron chi connectivity index (χ4n) is 2.22. The molecule has 0 aliphatic rings. The van der Waals surface area contributed by atoms with Gasteiger partial charge in [-0.15, -0.1) is 0 Å². The molecule has 0 bridgehead atoms. The van der Waals surface area contributed by atoms with Crippen LogP contribution in [-0.2, 0) is 13.5 Å². The van der Waals surface area contributed by atoms with Crippen molar-refractivity contribution in [3.8, 4) is 0 Å². The van der Waals surface area contributed by atoms with Crippen LogP contribution in [-0.4, -0.2) is 15.6 Å². The van der Waals surface area contributed by atoms with Crippen molar-refractivity contribution in [1.82, 2.24) is 9.78 Å². The lowest BCUT2D eigenvalue weighted by Gasteiger charge is -2.06. The molecule has 19 heavy (non-hydrogen) atoms. The molecule has 0 fully saturated rings. The first-order chi connectivity index (χ1) is 8.90. The minimum atomic E-state index is -0.381. The number of Topliss-reactive ketones (excluding diaryl/α,β-unsaturated/α-hetero) is 1. The van der Waals surface area contributed by atoms with E-state index in [9.17, 15) is 9.18 Å². The first-order valence-electron chi connectivity index (χ1n) is 6.18. The Morgan fingerprint density at radius 1 is 1.32 bits per heavy atom. The molecule has 1 heterocycles. The smallest absolute Gasteiger partial charge is 0.167 e. The summed E-state index contributed by atoms with van der Waals surface area (Å²) in [6, 6.07) is 4.30. The van der Waals surface area contributed by atoms with Crippen LogP contribution in [0, 0.1) is 26.6 Å². The van der Waals surface area contributed by atoms with Crippen molar-refractivity contribution in [2.24, 2.45) is 7.05 Å². The maximum atomic E-state index is 13.2. The molecular weight excluding hydrogens is 243 g/mol. The van der Waals surface area contributed by atoms with Crippen molar-refractivity contribution in [3.05, 3.63) is 52.1 Å². The van der Waals surface area contributed by atoms with Crippen LogP contribution in [0.4, 0.5) is 4.39 Å². The number of halogens is 1. The minimum Gasteiger partial charge on any atom is -0.294 e. The van der Waals surface area contributed by atoms with E-state index in [1.165, 1.54) is 12.1 Å². The van der Waals surface area contributed by atoms with Gasteiger partial charge in [-0.1, -0.05) is 6.07 Å². The maximum Gasteiger partial charge on any atom is 0.167 e. The van der Waals surface area contributed by atoms with Gasteiger partial charge in [-0.25, -0.2) is 4.39 Å². The van der Waals surface area contributed by atoms with Gasteiger partial charge in [0.1, 0.15) is 5.82 Å². The number of ketones is 1. The van der Waals surface area contributed by atoms with Gasteiger partial charge < -0.3 is 0 Å². The standard InChI is InChI=1S/C15H17FN2O/c1-9-5-6-12(16)7-13(9)15(19)8-14-10(2)17-18(4)11(14)3/h5-7H,8H2,1-4H3. The van der Waals surface area contributed by atoms with Gasteiger partial charge in [0.05, 0.1) is 5.69 Å². The van der Waals surface area contributed by atoms with Crippen LogP contribution < -0.4 is 0 Å². The highest BCUT2D eigenvalue weighted by Crippen LogP contribution is 2.18. The van der Waals surface area contributed by atoms with E-state index in [1.54, 1.807) is 10.7 Å². The van der Waals surface area contributed by atoms with Crippen LogP contribution in [0.3, 0.4) is 0 Å². The van der Waals surface area contributed by atoms with Crippen LogP contribution >= 0.6 is 0 Å². The quantitative estimate of drug-likeness (QED) is 0.795. The summed E-state index contributed by atoms with van der Waals surface area (Å²) in [5.41, 5.74) is 3.99. The number of rotatable bonds is 3. The van der Waals surface area contributed by atoms with E-state index in [0.717, 1.165) is 22.5 Å². The van der Waals surface area contributed by atoms with Gasteiger partial charge in [0.15, 0.2) is 5.78 Å². The number of nitrogens with zero attached hydrogens (tertiary/aromatic N) is 2. The summed E-state index contributed by atoms with van der Waals surface area (Å²) in [4.78, 5) is 12.3. The summed E-state index contributed by atoms with van der Waals surface area (Å²) >= 11 is 0. The van der Waals surface area contributed by atoms with Crippen molar-refractivity contribution in [3.63, 3.8) is 0 Å². The molecule has 2 aromatic rings. The molecule has 0 aliphatic carbocycles. The van der Waals surface area contributed by atoms with E-state index in [1.807, 2.05) is 27.8 Å². The summed E-state index contributed by atoms with van der Waals surface area (Å²) < 4.78 is 15.0. The normalized spacial score (nSPS) is 10.8. The Hall–Kier alpha value is -1.97. The van der Waals surface area contributed by atoms with Crippen LogP contribution in [0.25, 0.3) is 0 Å². The summed E-state index contributed by atoms with van der Waals surface area (Å²) in [6.07, 6.45) is 0.260. The minimum absolute atomic E-state index is 0.0730. The number of aryl methyl sites for hydroxylation is 3. The van der Waals surface area contributed by atoms with Gasteiger partial charge in [0.2, 0.25) is 0 Å². The molecule has 0 spiro atoms. The first kappa shape index (κ1) is 13.5. The predicted octanol–water partition coefficient (Wildman–Crippen LogP) is 2.91. The third-order valence-corrected chi connectivity index (χ3v) is 3.50. The summed E-state index contributed by atoms with van der Waals surface area (Å²) in [5, 5.41) is 4.29. The van der Waals surface area contributed by atoms with Gasteiger partial charge in [-0.3, -0.25) is 9.48 Å². The second-order valence-corrected chi connectivity index (χ2v) is 4.83. The molecule has 0 radical (unpaired) electrons. The van der Waals surface area contributed by atoms with Gasteiger partial charge in [-0.2, -0.15) is 5.10 Å². The molecular formula is C15H17FN2O. The van der Waals surface area contributed by atoms with E-state index in [0.29, 0.717) is 5.56 Å². The Labute approximate surface area is 112 Å². The Morgan fingerprint density at radius 3 is 2.58 bits per heavy atom. The molecule has 0 amide bonds. The molecule has 2 rings (SSSR count). The average Bonchev–Trinajstić information content (AvgIpc) is 2.59.